The minimum Gasteiger partial charge on any atom is -0.291 e. The highest BCUT2D eigenvalue weighted by molar-refractivity contribution is 6.40. The van der Waals surface area contributed by atoms with Crippen LogP contribution in [0.4, 0.5) is 0 Å². The standard InChI is InChI=1S/C7H8O2/c1-3-4-5-7(9)6(2)8/h3-5H,1H2,2H3/b5-4-. The number of ketones is 2. The monoisotopic (exact) mass is 124 g/mol. The van der Waals surface area contributed by atoms with Gasteiger partial charge < -0.3 is 0 Å². The van der Waals surface area contributed by atoms with Crippen molar-refractivity contribution < 1.29 is 9.59 Å². The molecule has 0 aromatic carbocycles. The molecule has 2 heteroatoms. The highest BCUT2D eigenvalue weighted by Crippen LogP contribution is 1.78. The first-order chi connectivity index (χ1) is 4.18. The molecule has 0 aromatic heterocycles. The molecular formula is C7H8O2. The number of allylic oxidation sites excluding steroid dienone is 3. The van der Waals surface area contributed by atoms with Crippen LogP contribution in [0.3, 0.4) is 0 Å². The molecule has 0 aliphatic carbocycles. The van der Waals surface area contributed by atoms with Gasteiger partial charge in [-0.1, -0.05) is 18.7 Å². The average molecular weight is 124 g/mol. The van der Waals surface area contributed by atoms with Crippen LogP contribution < -0.4 is 0 Å². The summed E-state index contributed by atoms with van der Waals surface area (Å²) in [6.07, 6.45) is 4.07. The fourth-order valence-corrected chi connectivity index (χ4v) is 0.273. The van der Waals surface area contributed by atoms with E-state index in [-0.39, 0.29) is 0 Å². The van der Waals surface area contributed by atoms with E-state index in [0.717, 1.165) is 0 Å². The molecule has 9 heavy (non-hydrogen) atoms. The summed E-state index contributed by atoms with van der Waals surface area (Å²) in [6.45, 7) is 4.57. The summed E-state index contributed by atoms with van der Waals surface area (Å²) in [5.74, 6) is -0.942. The van der Waals surface area contributed by atoms with Gasteiger partial charge in [-0.25, -0.2) is 0 Å². The molecule has 48 valence electrons. The Balaban J connectivity index is 3.92. The van der Waals surface area contributed by atoms with E-state index in [1.807, 2.05) is 0 Å². The average Bonchev–Trinajstić information content (AvgIpc) is 1.82. The Labute approximate surface area is 53.9 Å². The summed E-state index contributed by atoms with van der Waals surface area (Å²) in [5.41, 5.74) is 0. The first kappa shape index (κ1) is 7.82. The third-order valence-electron chi connectivity index (χ3n) is 0.731. The summed E-state index contributed by atoms with van der Waals surface area (Å²) >= 11 is 0. The molecule has 0 N–H and O–H groups in total. The van der Waals surface area contributed by atoms with Crippen molar-refractivity contribution in [3.8, 4) is 0 Å². The molecule has 0 radical (unpaired) electrons. The molecule has 0 saturated heterocycles. The van der Waals surface area contributed by atoms with E-state index < -0.39 is 11.6 Å². The number of hydrogen-bond donors (Lipinski definition) is 0. The van der Waals surface area contributed by atoms with Gasteiger partial charge in [0.2, 0.25) is 5.78 Å². The van der Waals surface area contributed by atoms with Crippen molar-refractivity contribution in [2.24, 2.45) is 0 Å². The molecular weight excluding hydrogens is 116 g/mol. The maximum Gasteiger partial charge on any atom is 0.221 e. The van der Waals surface area contributed by atoms with Crippen molar-refractivity contribution in [1.29, 1.82) is 0 Å². The van der Waals surface area contributed by atoms with Crippen LogP contribution in [-0.2, 0) is 9.59 Å². The maximum atomic E-state index is 10.4. The van der Waals surface area contributed by atoms with E-state index in [4.69, 9.17) is 0 Å². The molecule has 0 rings (SSSR count). The molecule has 0 aliphatic heterocycles. The SMILES string of the molecule is C=C/C=C\C(=O)C(C)=O. The maximum absolute atomic E-state index is 10.4. The zero-order chi connectivity index (χ0) is 7.28. The molecule has 0 heterocycles. The van der Waals surface area contributed by atoms with Crippen molar-refractivity contribution in [3.05, 3.63) is 24.8 Å². The largest absolute Gasteiger partial charge is 0.291 e. The summed E-state index contributed by atoms with van der Waals surface area (Å²) in [7, 11) is 0. The molecule has 0 unspecified atom stereocenters. The minimum atomic E-state index is -0.491. The Hall–Kier alpha value is -1.18. The van der Waals surface area contributed by atoms with Crippen LogP contribution in [0.25, 0.3) is 0 Å². The first-order valence-corrected chi connectivity index (χ1v) is 2.52. The molecule has 0 aromatic rings. The minimum absolute atomic E-state index is 0.451. The molecule has 2 nitrogen and oxygen atoms in total. The molecule has 0 aliphatic rings. The van der Waals surface area contributed by atoms with Crippen LogP contribution in [-0.4, -0.2) is 11.6 Å². The quantitative estimate of drug-likeness (QED) is 0.318. The van der Waals surface area contributed by atoms with Gasteiger partial charge in [0.1, 0.15) is 0 Å². The molecule has 0 amide bonds. The topological polar surface area (TPSA) is 34.1 Å². The summed E-state index contributed by atoms with van der Waals surface area (Å²) < 4.78 is 0. The molecule has 0 atom stereocenters. The van der Waals surface area contributed by atoms with Gasteiger partial charge in [-0.3, -0.25) is 9.59 Å². The van der Waals surface area contributed by atoms with Gasteiger partial charge >= 0.3 is 0 Å². The number of rotatable bonds is 3. The van der Waals surface area contributed by atoms with Gasteiger partial charge in [-0.15, -0.1) is 0 Å². The number of carbonyl (C=O) groups is 2. The molecule has 0 fully saturated rings. The van der Waals surface area contributed by atoms with Crippen molar-refractivity contribution in [1.82, 2.24) is 0 Å². The van der Waals surface area contributed by atoms with Crippen LogP contribution >= 0.6 is 0 Å². The molecule has 0 spiro atoms. The van der Waals surface area contributed by atoms with Crippen molar-refractivity contribution in [2.45, 2.75) is 6.92 Å². The van der Waals surface area contributed by atoms with Gasteiger partial charge in [0.25, 0.3) is 0 Å². The Bertz CT molecular complexity index is 166. The van der Waals surface area contributed by atoms with E-state index in [2.05, 4.69) is 6.58 Å². The summed E-state index contributed by atoms with van der Waals surface area (Å²) in [6, 6.07) is 0. The normalized spacial score (nSPS) is 9.44. The lowest BCUT2D eigenvalue weighted by atomic mass is 10.3. The van der Waals surface area contributed by atoms with E-state index in [1.54, 1.807) is 0 Å². The Morgan fingerprint density at radius 1 is 1.44 bits per heavy atom. The van der Waals surface area contributed by atoms with Crippen molar-refractivity contribution in [2.75, 3.05) is 0 Å². The van der Waals surface area contributed by atoms with E-state index in [1.165, 1.54) is 25.2 Å². The van der Waals surface area contributed by atoms with Crippen molar-refractivity contribution >= 4 is 11.6 Å². The van der Waals surface area contributed by atoms with Crippen LogP contribution in [0.5, 0.6) is 0 Å². The zero-order valence-electron chi connectivity index (χ0n) is 5.26. The zero-order valence-corrected chi connectivity index (χ0v) is 5.26. The molecule has 0 bridgehead atoms. The van der Waals surface area contributed by atoms with Gasteiger partial charge in [0, 0.05) is 6.92 Å². The fraction of sp³-hybridized carbons (Fsp3) is 0.143. The second kappa shape index (κ2) is 3.78. The predicted octanol–water partition coefficient (Wildman–Crippen LogP) is 0.887. The lowest BCUT2D eigenvalue weighted by molar-refractivity contribution is -0.132. The van der Waals surface area contributed by atoms with Crippen molar-refractivity contribution in [3.63, 3.8) is 0 Å². The van der Waals surface area contributed by atoms with Crippen LogP contribution in [0.1, 0.15) is 6.92 Å². The predicted molar refractivity (Wildman–Crippen MR) is 35.0 cm³/mol. The molecule has 0 saturated carbocycles. The van der Waals surface area contributed by atoms with Crippen LogP contribution in [0.15, 0.2) is 24.8 Å². The number of Topliss-reactive ketones (excluding diaryl/α,β-unsaturated/α-hetero) is 1. The van der Waals surface area contributed by atoms with Gasteiger partial charge in [-0.05, 0) is 6.08 Å². The fourth-order valence-electron chi connectivity index (χ4n) is 0.273. The van der Waals surface area contributed by atoms with E-state index in [9.17, 15) is 9.59 Å². The third kappa shape index (κ3) is 3.41. The number of hydrogen-bond acceptors (Lipinski definition) is 2. The lowest BCUT2D eigenvalue weighted by Gasteiger charge is -1.79. The second-order valence-corrected chi connectivity index (χ2v) is 1.52. The van der Waals surface area contributed by atoms with Crippen LogP contribution in [0.2, 0.25) is 0 Å². The van der Waals surface area contributed by atoms with Gasteiger partial charge in [0.15, 0.2) is 5.78 Å². The van der Waals surface area contributed by atoms with E-state index in [0.29, 0.717) is 0 Å². The van der Waals surface area contributed by atoms with Gasteiger partial charge in [0.05, 0.1) is 0 Å². The Kier molecular flexibility index (Phi) is 3.28. The number of carbonyl (C=O) groups excluding carboxylic acids is 2. The highest BCUT2D eigenvalue weighted by atomic mass is 16.2. The lowest BCUT2D eigenvalue weighted by Crippen LogP contribution is -2.04. The smallest absolute Gasteiger partial charge is 0.221 e. The second-order valence-electron chi connectivity index (χ2n) is 1.52. The summed E-state index contributed by atoms with van der Waals surface area (Å²) in [4.78, 5) is 20.6. The van der Waals surface area contributed by atoms with Crippen LogP contribution in [0, 0.1) is 0 Å². The Morgan fingerprint density at radius 2 is 2.00 bits per heavy atom. The summed E-state index contributed by atoms with van der Waals surface area (Å²) in [5, 5.41) is 0. The van der Waals surface area contributed by atoms with Gasteiger partial charge in [-0.2, -0.15) is 0 Å². The third-order valence-corrected chi connectivity index (χ3v) is 0.731. The highest BCUT2D eigenvalue weighted by Gasteiger charge is 1.99. The first-order valence-electron chi connectivity index (χ1n) is 2.52. The Morgan fingerprint density at radius 3 is 2.33 bits per heavy atom. The van der Waals surface area contributed by atoms with E-state index >= 15 is 0 Å².